The SMILES string of the molecule is [F-].[F-].[F-].[Hf+4].c1ccc2[cH-]ccc2c1. The fraction of sp³-hybridized carbons (Fsp3) is 0. The topological polar surface area (TPSA) is 0 Å². The van der Waals surface area contributed by atoms with E-state index >= 15 is 0 Å². The molecule has 2 aromatic carbocycles. The number of hydrogen-bond acceptors (Lipinski definition) is 0. The van der Waals surface area contributed by atoms with Crippen molar-refractivity contribution < 1.29 is 40.0 Å². The van der Waals surface area contributed by atoms with Crippen LogP contribution < -0.4 is 14.1 Å². The maximum Gasteiger partial charge on any atom is 4.00 e. The first-order chi connectivity index (χ1) is 4.47. The fourth-order valence-electron chi connectivity index (χ4n) is 1.07. The summed E-state index contributed by atoms with van der Waals surface area (Å²) in [6.45, 7) is 0. The molecule has 0 atom stereocenters. The second-order valence-electron chi connectivity index (χ2n) is 2.15. The zero-order valence-corrected chi connectivity index (χ0v) is 10.3. The molecule has 2 rings (SSSR count). The van der Waals surface area contributed by atoms with Gasteiger partial charge in [0, 0.05) is 0 Å². The number of rotatable bonds is 0. The summed E-state index contributed by atoms with van der Waals surface area (Å²) in [5.74, 6) is 0. The van der Waals surface area contributed by atoms with Crippen molar-refractivity contribution in [2.75, 3.05) is 0 Å². The Morgan fingerprint density at radius 1 is 0.846 bits per heavy atom. The Balaban J connectivity index is -0.000000250. The first-order valence-electron chi connectivity index (χ1n) is 3.07. The van der Waals surface area contributed by atoms with E-state index in [-0.39, 0.29) is 40.0 Å². The van der Waals surface area contributed by atoms with E-state index in [2.05, 4.69) is 42.5 Å². The van der Waals surface area contributed by atoms with Crippen molar-refractivity contribution in [1.29, 1.82) is 0 Å². The second-order valence-corrected chi connectivity index (χ2v) is 2.15. The average Bonchev–Trinajstić information content (AvgIpc) is 2.33. The molecule has 0 bridgehead atoms. The van der Waals surface area contributed by atoms with E-state index in [9.17, 15) is 0 Å². The minimum Gasteiger partial charge on any atom is -1.00 e. The van der Waals surface area contributed by atoms with Crippen LogP contribution in [-0.4, -0.2) is 0 Å². The van der Waals surface area contributed by atoms with E-state index in [0.717, 1.165) is 0 Å². The van der Waals surface area contributed by atoms with Crippen LogP contribution in [-0.2, 0) is 25.8 Å². The van der Waals surface area contributed by atoms with Crippen LogP contribution in [0.4, 0.5) is 0 Å². The first-order valence-corrected chi connectivity index (χ1v) is 3.07. The van der Waals surface area contributed by atoms with Crippen molar-refractivity contribution in [3.05, 3.63) is 42.5 Å². The monoisotopic (exact) mass is 352 g/mol. The van der Waals surface area contributed by atoms with Gasteiger partial charge in [0.15, 0.2) is 0 Å². The van der Waals surface area contributed by atoms with Crippen LogP contribution in [0.15, 0.2) is 42.5 Å². The molecule has 2 aromatic rings. The van der Waals surface area contributed by atoms with Gasteiger partial charge in [-0.3, -0.25) is 0 Å². The zero-order valence-electron chi connectivity index (χ0n) is 6.68. The molecule has 0 spiro atoms. The fourth-order valence-corrected chi connectivity index (χ4v) is 1.07. The molecule has 0 aliphatic rings. The van der Waals surface area contributed by atoms with Crippen molar-refractivity contribution in [3.63, 3.8) is 0 Å². The largest absolute Gasteiger partial charge is 4.00 e. The molecule has 0 heterocycles. The van der Waals surface area contributed by atoms with Crippen molar-refractivity contribution in [2.45, 2.75) is 0 Å². The van der Waals surface area contributed by atoms with Crippen molar-refractivity contribution in [1.82, 2.24) is 0 Å². The molecule has 0 aliphatic carbocycles. The van der Waals surface area contributed by atoms with E-state index < -0.39 is 0 Å². The molecule has 4 heteroatoms. The molecular weight excluding hydrogens is 344 g/mol. The van der Waals surface area contributed by atoms with Gasteiger partial charge >= 0.3 is 25.8 Å². The van der Waals surface area contributed by atoms with E-state index in [0.29, 0.717) is 0 Å². The Bertz CT molecular complexity index is 289. The smallest absolute Gasteiger partial charge is 1.00 e. The quantitative estimate of drug-likeness (QED) is 0.328. The average molecular weight is 351 g/mol. The summed E-state index contributed by atoms with van der Waals surface area (Å²) >= 11 is 0. The molecular formula is C9H7F3Hf. The van der Waals surface area contributed by atoms with Crippen LogP contribution >= 0.6 is 0 Å². The Morgan fingerprint density at radius 2 is 1.46 bits per heavy atom. The van der Waals surface area contributed by atoms with Gasteiger partial charge in [-0.25, -0.2) is 0 Å². The Morgan fingerprint density at radius 3 is 2.08 bits per heavy atom. The maximum atomic E-state index is 2.12. The Labute approximate surface area is 93.2 Å². The van der Waals surface area contributed by atoms with Crippen molar-refractivity contribution in [3.8, 4) is 0 Å². The molecule has 0 fully saturated rings. The number of halogens is 3. The van der Waals surface area contributed by atoms with Crippen molar-refractivity contribution in [2.24, 2.45) is 0 Å². The summed E-state index contributed by atoms with van der Waals surface area (Å²) < 4.78 is 0. The normalized spacial score (nSPS) is 7.08. The summed E-state index contributed by atoms with van der Waals surface area (Å²) in [4.78, 5) is 0. The summed E-state index contributed by atoms with van der Waals surface area (Å²) in [6, 6.07) is 14.7. The summed E-state index contributed by atoms with van der Waals surface area (Å²) in [6.07, 6.45) is 0. The molecule has 0 radical (unpaired) electrons. The van der Waals surface area contributed by atoms with E-state index in [1.807, 2.05) is 0 Å². The van der Waals surface area contributed by atoms with Gasteiger partial charge in [0.25, 0.3) is 0 Å². The minimum absolute atomic E-state index is 0. The van der Waals surface area contributed by atoms with E-state index in [4.69, 9.17) is 0 Å². The van der Waals surface area contributed by atoms with Gasteiger partial charge in [-0.2, -0.15) is 17.5 Å². The maximum absolute atomic E-state index is 2.12. The molecule has 0 aliphatic heterocycles. The summed E-state index contributed by atoms with van der Waals surface area (Å²) in [5, 5.41) is 2.66. The molecule has 0 N–H and O–H groups in total. The van der Waals surface area contributed by atoms with E-state index in [1.54, 1.807) is 0 Å². The van der Waals surface area contributed by atoms with Gasteiger partial charge in [0.05, 0.1) is 0 Å². The van der Waals surface area contributed by atoms with E-state index in [1.165, 1.54) is 10.8 Å². The third kappa shape index (κ3) is 3.81. The Kier molecular flexibility index (Phi) is 11.4. The molecule has 0 amide bonds. The van der Waals surface area contributed by atoms with Crippen LogP contribution in [0, 0.1) is 0 Å². The minimum atomic E-state index is 0. The van der Waals surface area contributed by atoms with Gasteiger partial charge in [0.1, 0.15) is 0 Å². The summed E-state index contributed by atoms with van der Waals surface area (Å²) in [5.41, 5.74) is 0. The van der Waals surface area contributed by atoms with Gasteiger partial charge in [-0.05, 0) is 0 Å². The number of benzene rings is 1. The predicted molar refractivity (Wildman–Crippen MR) is 39.5 cm³/mol. The van der Waals surface area contributed by atoms with Crippen LogP contribution in [0.2, 0.25) is 0 Å². The molecule has 13 heavy (non-hydrogen) atoms. The van der Waals surface area contributed by atoms with Gasteiger partial charge in [-0.15, -0.1) is 29.7 Å². The molecule has 0 unspecified atom stereocenters. The van der Waals surface area contributed by atoms with Crippen LogP contribution in [0.3, 0.4) is 0 Å². The third-order valence-corrected chi connectivity index (χ3v) is 1.55. The van der Waals surface area contributed by atoms with Crippen LogP contribution in [0.5, 0.6) is 0 Å². The van der Waals surface area contributed by atoms with Crippen molar-refractivity contribution >= 4 is 10.8 Å². The predicted octanol–water partition coefficient (Wildman–Crippen LogP) is -6.43. The zero-order chi connectivity index (χ0) is 6.10. The third-order valence-electron chi connectivity index (χ3n) is 1.55. The van der Waals surface area contributed by atoms with Crippen LogP contribution in [0.1, 0.15) is 0 Å². The number of hydrogen-bond donors (Lipinski definition) is 0. The number of fused-ring (bicyclic) bond motifs is 1. The van der Waals surface area contributed by atoms with Crippen LogP contribution in [0.25, 0.3) is 10.8 Å². The van der Waals surface area contributed by atoms with Gasteiger partial charge in [0.2, 0.25) is 0 Å². The summed E-state index contributed by atoms with van der Waals surface area (Å²) in [7, 11) is 0. The first kappa shape index (κ1) is 18.3. The van der Waals surface area contributed by atoms with Gasteiger partial charge < -0.3 is 14.1 Å². The molecule has 68 valence electrons. The Hall–Kier alpha value is -0.510. The standard InChI is InChI=1S/C9H7.3FH.Hf/c1-2-5-9-7-3-6-8(9)4-1;;;;/h1-7H;3*1H;/q-1;;;;+4/p-3. The van der Waals surface area contributed by atoms with Gasteiger partial charge in [-0.1, -0.05) is 6.07 Å². The molecule has 0 saturated carbocycles. The molecule has 0 saturated heterocycles. The molecule has 0 nitrogen and oxygen atoms in total. The molecule has 0 aromatic heterocycles. The second kappa shape index (κ2) is 8.10.